The summed E-state index contributed by atoms with van der Waals surface area (Å²) in [6.45, 7) is 7.35. The molecule has 0 aliphatic carbocycles. The number of nitro groups is 1. The average molecular weight is 293 g/mol. The van der Waals surface area contributed by atoms with Crippen molar-refractivity contribution in [1.82, 2.24) is 5.32 Å². The molecule has 2 N–H and O–H groups in total. The molecule has 0 radical (unpaired) electrons. The zero-order chi connectivity index (χ0) is 15.8. The van der Waals surface area contributed by atoms with Crippen molar-refractivity contribution < 1.29 is 9.72 Å². The summed E-state index contributed by atoms with van der Waals surface area (Å²) in [6.07, 6.45) is 1.75. The minimum absolute atomic E-state index is 0.0695. The van der Waals surface area contributed by atoms with Crippen molar-refractivity contribution in [2.24, 2.45) is 5.92 Å². The number of anilines is 1. The zero-order valence-corrected chi connectivity index (χ0v) is 12.8. The lowest BCUT2D eigenvalue weighted by atomic mass is 10.1. The van der Waals surface area contributed by atoms with E-state index in [-0.39, 0.29) is 11.6 Å². The van der Waals surface area contributed by atoms with Gasteiger partial charge in [-0.25, -0.2) is 0 Å². The van der Waals surface area contributed by atoms with Gasteiger partial charge in [-0.15, -0.1) is 0 Å². The molecule has 6 nitrogen and oxygen atoms in total. The highest BCUT2D eigenvalue weighted by atomic mass is 16.6. The summed E-state index contributed by atoms with van der Waals surface area (Å²) >= 11 is 0. The Hall–Kier alpha value is -2.11. The molecule has 21 heavy (non-hydrogen) atoms. The van der Waals surface area contributed by atoms with E-state index in [9.17, 15) is 14.9 Å². The van der Waals surface area contributed by atoms with Crippen molar-refractivity contribution in [1.29, 1.82) is 0 Å². The van der Waals surface area contributed by atoms with Gasteiger partial charge in [0.05, 0.1) is 4.92 Å². The second kappa shape index (κ2) is 8.24. The number of rotatable bonds is 8. The lowest BCUT2D eigenvalue weighted by Gasteiger charge is -2.09. The van der Waals surface area contributed by atoms with E-state index in [2.05, 4.69) is 24.5 Å². The maximum absolute atomic E-state index is 12.0. The highest BCUT2D eigenvalue weighted by Crippen LogP contribution is 2.25. The van der Waals surface area contributed by atoms with Gasteiger partial charge in [0.25, 0.3) is 11.6 Å². The minimum atomic E-state index is -0.469. The van der Waals surface area contributed by atoms with Gasteiger partial charge in [0, 0.05) is 24.7 Å². The molecule has 0 fully saturated rings. The van der Waals surface area contributed by atoms with Crippen molar-refractivity contribution in [2.45, 2.75) is 33.6 Å². The number of carbonyl (C=O) groups is 1. The van der Waals surface area contributed by atoms with E-state index >= 15 is 0 Å². The molecule has 1 aromatic carbocycles. The van der Waals surface area contributed by atoms with E-state index in [1.807, 2.05) is 6.92 Å². The number of nitrogens with one attached hydrogen (secondary N) is 2. The first kappa shape index (κ1) is 16.9. The third kappa shape index (κ3) is 5.41. The van der Waals surface area contributed by atoms with E-state index in [0.717, 1.165) is 12.8 Å². The van der Waals surface area contributed by atoms with Crippen LogP contribution in [0.3, 0.4) is 0 Å². The van der Waals surface area contributed by atoms with Gasteiger partial charge in [-0.05, 0) is 30.9 Å². The average Bonchev–Trinajstić information content (AvgIpc) is 2.44. The van der Waals surface area contributed by atoms with E-state index in [0.29, 0.717) is 30.3 Å². The van der Waals surface area contributed by atoms with Crippen LogP contribution >= 0.6 is 0 Å². The van der Waals surface area contributed by atoms with Crippen LogP contribution in [0, 0.1) is 16.0 Å². The van der Waals surface area contributed by atoms with Crippen LogP contribution in [0.15, 0.2) is 18.2 Å². The molecule has 6 heteroatoms. The van der Waals surface area contributed by atoms with Crippen LogP contribution in [0.2, 0.25) is 0 Å². The molecule has 1 aromatic rings. The quantitative estimate of drug-likeness (QED) is 0.569. The van der Waals surface area contributed by atoms with Crippen LogP contribution in [-0.4, -0.2) is 23.9 Å². The first-order chi connectivity index (χ1) is 9.95. The van der Waals surface area contributed by atoms with Gasteiger partial charge in [0.15, 0.2) is 0 Å². The second-order valence-electron chi connectivity index (χ2n) is 5.35. The third-order valence-electron chi connectivity index (χ3n) is 3.03. The fraction of sp³-hybridized carbons (Fsp3) is 0.533. The summed E-state index contributed by atoms with van der Waals surface area (Å²) in [5.41, 5.74) is 0.688. The van der Waals surface area contributed by atoms with E-state index in [4.69, 9.17) is 0 Å². The van der Waals surface area contributed by atoms with Gasteiger partial charge < -0.3 is 10.6 Å². The van der Waals surface area contributed by atoms with Crippen molar-refractivity contribution in [3.8, 4) is 0 Å². The molecular weight excluding hydrogens is 270 g/mol. The predicted molar refractivity (Wildman–Crippen MR) is 83.7 cm³/mol. The molecule has 0 atom stereocenters. The first-order valence-electron chi connectivity index (χ1n) is 7.26. The number of benzene rings is 1. The fourth-order valence-corrected chi connectivity index (χ4v) is 1.81. The molecular formula is C15H23N3O3. The predicted octanol–water partition coefficient (Wildman–Crippen LogP) is 3.19. The smallest absolute Gasteiger partial charge is 0.293 e. The molecule has 0 spiro atoms. The molecule has 0 unspecified atom stereocenters. The van der Waals surface area contributed by atoms with E-state index in [1.165, 1.54) is 6.07 Å². The standard InChI is InChI=1S/C15H23N3O3/c1-4-8-16-13-6-5-12(10-14(13)18(20)21)15(19)17-9-7-11(2)3/h5-6,10-11,16H,4,7-9H2,1-3H3,(H,17,19). The summed E-state index contributed by atoms with van der Waals surface area (Å²) < 4.78 is 0. The SMILES string of the molecule is CCCNc1ccc(C(=O)NCCC(C)C)cc1[N+](=O)[O-]. The Labute approximate surface area is 125 Å². The van der Waals surface area contributed by atoms with Crippen molar-refractivity contribution >= 4 is 17.3 Å². The van der Waals surface area contributed by atoms with Crippen LogP contribution in [0.5, 0.6) is 0 Å². The molecule has 116 valence electrons. The maximum Gasteiger partial charge on any atom is 0.293 e. The Morgan fingerprint density at radius 1 is 1.33 bits per heavy atom. The van der Waals surface area contributed by atoms with Crippen molar-refractivity contribution in [3.63, 3.8) is 0 Å². The van der Waals surface area contributed by atoms with E-state index < -0.39 is 4.92 Å². The fourth-order valence-electron chi connectivity index (χ4n) is 1.81. The molecule has 0 aliphatic rings. The van der Waals surface area contributed by atoms with Gasteiger partial charge in [-0.2, -0.15) is 0 Å². The molecule has 0 saturated heterocycles. The number of nitrogens with zero attached hydrogens (tertiary/aromatic N) is 1. The highest BCUT2D eigenvalue weighted by molar-refractivity contribution is 5.95. The Balaban J connectivity index is 2.82. The molecule has 0 heterocycles. The number of hydrogen-bond donors (Lipinski definition) is 2. The van der Waals surface area contributed by atoms with Gasteiger partial charge in [0.2, 0.25) is 0 Å². The Morgan fingerprint density at radius 3 is 2.62 bits per heavy atom. The molecule has 0 saturated carbocycles. The summed E-state index contributed by atoms with van der Waals surface area (Å²) in [7, 11) is 0. The summed E-state index contributed by atoms with van der Waals surface area (Å²) in [5.74, 6) is 0.223. The minimum Gasteiger partial charge on any atom is -0.380 e. The Bertz CT molecular complexity index is 501. The van der Waals surface area contributed by atoms with Crippen LogP contribution in [0.4, 0.5) is 11.4 Å². The molecule has 1 amide bonds. The highest BCUT2D eigenvalue weighted by Gasteiger charge is 2.17. The summed E-state index contributed by atoms with van der Waals surface area (Å²) in [4.78, 5) is 22.6. The monoisotopic (exact) mass is 293 g/mol. The number of hydrogen-bond acceptors (Lipinski definition) is 4. The van der Waals surface area contributed by atoms with Crippen LogP contribution in [-0.2, 0) is 0 Å². The van der Waals surface area contributed by atoms with Gasteiger partial charge in [-0.3, -0.25) is 14.9 Å². The number of amides is 1. The van der Waals surface area contributed by atoms with Crippen molar-refractivity contribution in [3.05, 3.63) is 33.9 Å². The van der Waals surface area contributed by atoms with Gasteiger partial charge in [-0.1, -0.05) is 20.8 Å². The normalized spacial score (nSPS) is 10.5. The third-order valence-corrected chi connectivity index (χ3v) is 3.03. The zero-order valence-electron chi connectivity index (χ0n) is 12.8. The molecule has 0 bridgehead atoms. The number of carbonyl (C=O) groups excluding carboxylic acids is 1. The van der Waals surface area contributed by atoms with Gasteiger partial charge in [0.1, 0.15) is 5.69 Å². The Kier molecular flexibility index (Phi) is 6.65. The topological polar surface area (TPSA) is 84.3 Å². The molecule has 1 rings (SSSR count). The molecule has 0 aromatic heterocycles. The van der Waals surface area contributed by atoms with E-state index in [1.54, 1.807) is 12.1 Å². The largest absolute Gasteiger partial charge is 0.380 e. The second-order valence-corrected chi connectivity index (χ2v) is 5.35. The summed E-state index contributed by atoms with van der Waals surface area (Å²) in [5, 5.41) is 16.9. The lowest BCUT2D eigenvalue weighted by molar-refractivity contribution is -0.384. The number of nitro benzene ring substituents is 1. The van der Waals surface area contributed by atoms with Crippen LogP contribution in [0.25, 0.3) is 0 Å². The van der Waals surface area contributed by atoms with Crippen LogP contribution < -0.4 is 10.6 Å². The lowest BCUT2D eigenvalue weighted by Crippen LogP contribution is -2.25. The first-order valence-corrected chi connectivity index (χ1v) is 7.26. The summed E-state index contributed by atoms with van der Waals surface area (Å²) in [6, 6.07) is 4.52. The van der Waals surface area contributed by atoms with Crippen LogP contribution in [0.1, 0.15) is 44.0 Å². The molecule has 0 aliphatic heterocycles. The Morgan fingerprint density at radius 2 is 2.05 bits per heavy atom. The van der Waals surface area contributed by atoms with Crippen molar-refractivity contribution in [2.75, 3.05) is 18.4 Å². The maximum atomic E-state index is 12.0. The van der Waals surface area contributed by atoms with Gasteiger partial charge >= 0.3 is 0 Å².